The second kappa shape index (κ2) is 7.63. The zero-order valence-electron chi connectivity index (χ0n) is 16.9. The lowest BCUT2D eigenvalue weighted by molar-refractivity contribution is 0.102. The second-order valence-electron chi connectivity index (χ2n) is 7.62. The number of aromatic nitrogens is 1. The first-order valence-corrected chi connectivity index (χ1v) is 10.3. The minimum atomic E-state index is -0.309. The van der Waals surface area contributed by atoms with Gasteiger partial charge in [-0.3, -0.25) is 4.79 Å². The van der Waals surface area contributed by atoms with Crippen molar-refractivity contribution in [2.75, 3.05) is 12.1 Å². The van der Waals surface area contributed by atoms with Crippen molar-refractivity contribution in [1.29, 1.82) is 0 Å². The lowest BCUT2D eigenvalue weighted by atomic mass is 10.0. The third-order valence-corrected chi connectivity index (χ3v) is 5.50. The van der Waals surface area contributed by atoms with Crippen molar-refractivity contribution < 1.29 is 18.7 Å². The van der Waals surface area contributed by atoms with Crippen LogP contribution in [0.1, 0.15) is 35.7 Å². The van der Waals surface area contributed by atoms with Crippen molar-refractivity contribution in [3.05, 3.63) is 70.7 Å². The van der Waals surface area contributed by atoms with E-state index in [1.807, 2.05) is 24.3 Å². The Morgan fingerprint density at radius 3 is 2.71 bits per heavy atom. The van der Waals surface area contributed by atoms with Gasteiger partial charge in [-0.1, -0.05) is 31.5 Å². The standard InChI is InChI=1S/C24H19ClN2O4/c1-13(2)14-4-7-20-19(9-14)27-24(31-20)16-3-6-17(25)18(10-16)26-23(28)15-5-8-21-22(11-15)30-12-29-21/h3-11,13H,12H2,1-2H3,(H,26,28). The molecule has 0 saturated heterocycles. The molecule has 0 unspecified atom stereocenters. The van der Waals surface area contributed by atoms with Crippen LogP contribution in [-0.4, -0.2) is 17.7 Å². The number of rotatable bonds is 4. The van der Waals surface area contributed by atoms with Crippen molar-refractivity contribution in [1.82, 2.24) is 4.98 Å². The average molecular weight is 435 g/mol. The number of nitrogens with one attached hydrogen (secondary N) is 1. The van der Waals surface area contributed by atoms with Gasteiger partial charge in [-0.25, -0.2) is 4.98 Å². The van der Waals surface area contributed by atoms with Crippen LogP contribution in [0.4, 0.5) is 5.69 Å². The predicted octanol–water partition coefficient (Wildman–Crippen LogP) is 6.25. The van der Waals surface area contributed by atoms with E-state index in [1.165, 1.54) is 5.56 Å². The van der Waals surface area contributed by atoms with E-state index >= 15 is 0 Å². The Hall–Kier alpha value is -3.51. The van der Waals surface area contributed by atoms with E-state index in [0.29, 0.717) is 50.7 Å². The van der Waals surface area contributed by atoms with Crippen LogP contribution in [0.2, 0.25) is 5.02 Å². The number of nitrogens with zero attached hydrogens (tertiary/aromatic N) is 1. The first-order chi connectivity index (χ1) is 15.0. The predicted molar refractivity (Wildman–Crippen MR) is 119 cm³/mol. The minimum Gasteiger partial charge on any atom is -0.454 e. The van der Waals surface area contributed by atoms with Gasteiger partial charge in [0.25, 0.3) is 5.91 Å². The molecule has 156 valence electrons. The fraction of sp³-hybridized carbons (Fsp3) is 0.167. The zero-order valence-corrected chi connectivity index (χ0v) is 17.7. The Labute approximate surface area is 183 Å². The lowest BCUT2D eigenvalue weighted by Gasteiger charge is -2.09. The highest BCUT2D eigenvalue weighted by Crippen LogP contribution is 2.34. The fourth-order valence-electron chi connectivity index (χ4n) is 3.41. The summed E-state index contributed by atoms with van der Waals surface area (Å²) in [7, 11) is 0. The maximum atomic E-state index is 12.8. The van der Waals surface area contributed by atoms with Gasteiger partial charge in [0.1, 0.15) is 5.52 Å². The number of carbonyl (C=O) groups excluding carboxylic acids is 1. The summed E-state index contributed by atoms with van der Waals surface area (Å²) in [6.07, 6.45) is 0. The van der Waals surface area contributed by atoms with Crippen LogP contribution in [-0.2, 0) is 0 Å². The van der Waals surface area contributed by atoms with E-state index < -0.39 is 0 Å². The van der Waals surface area contributed by atoms with Gasteiger partial charge in [0, 0.05) is 11.1 Å². The Kier molecular flexibility index (Phi) is 4.79. The summed E-state index contributed by atoms with van der Waals surface area (Å²) < 4.78 is 16.6. The van der Waals surface area contributed by atoms with Crippen molar-refractivity contribution in [3.8, 4) is 23.0 Å². The summed E-state index contributed by atoms with van der Waals surface area (Å²) in [4.78, 5) is 17.4. The Morgan fingerprint density at radius 1 is 1.03 bits per heavy atom. The van der Waals surface area contributed by atoms with Crippen LogP contribution in [0.15, 0.2) is 59.0 Å². The van der Waals surface area contributed by atoms with Gasteiger partial charge in [-0.2, -0.15) is 0 Å². The molecular weight excluding hydrogens is 416 g/mol. The lowest BCUT2D eigenvalue weighted by Crippen LogP contribution is -2.12. The quantitative estimate of drug-likeness (QED) is 0.410. The van der Waals surface area contributed by atoms with E-state index in [4.69, 9.17) is 25.5 Å². The van der Waals surface area contributed by atoms with E-state index in [0.717, 1.165) is 5.52 Å². The highest BCUT2D eigenvalue weighted by atomic mass is 35.5. The topological polar surface area (TPSA) is 73.6 Å². The smallest absolute Gasteiger partial charge is 0.255 e. The molecule has 1 aliphatic rings. The largest absolute Gasteiger partial charge is 0.454 e. The summed E-state index contributed by atoms with van der Waals surface area (Å²) in [6, 6.07) is 16.3. The number of benzene rings is 3. The molecular formula is C24H19ClN2O4. The average Bonchev–Trinajstić information content (AvgIpc) is 3.40. The molecule has 31 heavy (non-hydrogen) atoms. The van der Waals surface area contributed by atoms with E-state index in [9.17, 15) is 4.79 Å². The van der Waals surface area contributed by atoms with Crippen molar-refractivity contribution in [2.45, 2.75) is 19.8 Å². The number of hydrogen-bond acceptors (Lipinski definition) is 5. The number of carbonyl (C=O) groups is 1. The van der Waals surface area contributed by atoms with Gasteiger partial charge in [-0.15, -0.1) is 0 Å². The summed E-state index contributed by atoms with van der Waals surface area (Å²) in [5, 5.41) is 3.26. The van der Waals surface area contributed by atoms with Gasteiger partial charge in [0.2, 0.25) is 12.7 Å². The molecule has 1 amide bonds. The van der Waals surface area contributed by atoms with E-state index in [2.05, 4.69) is 24.1 Å². The van der Waals surface area contributed by atoms with Crippen LogP contribution in [0.25, 0.3) is 22.6 Å². The van der Waals surface area contributed by atoms with Gasteiger partial charge in [0.15, 0.2) is 17.1 Å². The summed E-state index contributed by atoms with van der Waals surface area (Å²) in [6.45, 7) is 4.42. The Balaban J connectivity index is 1.44. The maximum Gasteiger partial charge on any atom is 0.255 e. The molecule has 5 rings (SSSR count). The molecule has 0 saturated carbocycles. The number of hydrogen-bond donors (Lipinski definition) is 1. The number of amides is 1. The maximum absolute atomic E-state index is 12.8. The highest BCUT2D eigenvalue weighted by molar-refractivity contribution is 6.34. The SMILES string of the molecule is CC(C)c1ccc2oc(-c3ccc(Cl)c(NC(=O)c4ccc5c(c4)OCO5)c3)nc2c1. The molecule has 0 bridgehead atoms. The minimum absolute atomic E-state index is 0.150. The number of halogens is 1. The molecule has 4 aromatic rings. The van der Waals surface area contributed by atoms with Crippen LogP contribution in [0.3, 0.4) is 0 Å². The monoisotopic (exact) mass is 434 g/mol. The Bertz CT molecular complexity index is 1310. The van der Waals surface area contributed by atoms with Gasteiger partial charge < -0.3 is 19.2 Å². The molecule has 1 aromatic heterocycles. The van der Waals surface area contributed by atoms with Gasteiger partial charge in [-0.05, 0) is 60.0 Å². The first kappa shape index (κ1) is 19.5. The van der Waals surface area contributed by atoms with Crippen LogP contribution in [0.5, 0.6) is 11.5 Å². The molecule has 6 nitrogen and oxygen atoms in total. The highest BCUT2D eigenvalue weighted by Gasteiger charge is 2.18. The van der Waals surface area contributed by atoms with Crippen molar-refractivity contribution >= 4 is 34.3 Å². The van der Waals surface area contributed by atoms with Crippen LogP contribution >= 0.6 is 11.6 Å². The molecule has 1 N–H and O–H groups in total. The molecule has 0 aliphatic carbocycles. The molecule has 0 fully saturated rings. The summed E-state index contributed by atoms with van der Waals surface area (Å²) in [5.41, 5.74) is 4.32. The normalized spacial score (nSPS) is 12.5. The Morgan fingerprint density at radius 2 is 1.87 bits per heavy atom. The molecule has 0 atom stereocenters. The summed E-state index contributed by atoms with van der Waals surface area (Å²) >= 11 is 6.33. The fourth-order valence-corrected chi connectivity index (χ4v) is 3.58. The summed E-state index contributed by atoms with van der Waals surface area (Å²) in [5.74, 6) is 1.72. The molecule has 0 spiro atoms. The number of anilines is 1. The number of ether oxygens (including phenoxy) is 2. The van der Waals surface area contributed by atoms with Gasteiger partial charge >= 0.3 is 0 Å². The third kappa shape index (κ3) is 3.70. The van der Waals surface area contributed by atoms with Gasteiger partial charge in [0.05, 0.1) is 10.7 Å². The molecule has 7 heteroatoms. The van der Waals surface area contributed by atoms with Crippen LogP contribution < -0.4 is 14.8 Å². The second-order valence-corrected chi connectivity index (χ2v) is 8.02. The van der Waals surface area contributed by atoms with E-state index in [1.54, 1.807) is 30.3 Å². The molecule has 3 aromatic carbocycles. The molecule has 2 heterocycles. The number of oxazole rings is 1. The van der Waals surface area contributed by atoms with Crippen molar-refractivity contribution in [3.63, 3.8) is 0 Å². The van der Waals surface area contributed by atoms with Crippen LogP contribution in [0, 0.1) is 0 Å². The zero-order chi connectivity index (χ0) is 21.5. The van der Waals surface area contributed by atoms with Crippen molar-refractivity contribution in [2.24, 2.45) is 0 Å². The molecule has 0 radical (unpaired) electrons. The molecule has 1 aliphatic heterocycles. The first-order valence-electron chi connectivity index (χ1n) is 9.89. The van der Waals surface area contributed by atoms with E-state index in [-0.39, 0.29) is 12.7 Å². The number of fused-ring (bicyclic) bond motifs is 2. The third-order valence-electron chi connectivity index (χ3n) is 5.17.